The van der Waals surface area contributed by atoms with Crippen LogP contribution >= 0.6 is 23.5 Å². The summed E-state index contributed by atoms with van der Waals surface area (Å²) in [6.45, 7) is 0.757. The molecule has 1 aliphatic rings. The summed E-state index contributed by atoms with van der Waals surface area (Å²) in [6.07, 6.45) is 0. The summed E-state index contributed by atoms with van der Waals surface area (Å²) in [5.41, 5.74) is -0.211. The Morgan fingerprint density at radius 1 is 1.36 bits per heavy atom. The largest absolute Gasteiger partial charge is 0.479 e. The van der Waals surface area contributed by atoms with Crippen LogP contribution in [0.2, 0.25) is 0 Å². The second kappa shape index (κ2) is 7.26. The number of nitrogens with one attached hydrogen (secondary N) is 2. The van der Waals surface area contributed by atoms with Gasteiger partial charge in [-0.15, -0.1) is 23.5 Å². The quantitative estimate of drug-likeness (QED) is 0.654. The van der Waals surface area contributed by atoms with Crippen LogP contribution in [0, 0.1) is 0 Å². The van der Waals surface area contributed by atoms with E-state index in [4.69, 9.17) is 5.11 Å². The van der Waals surface area contributed by atoms with Crippen molar-refractivity contribution in [1.82, 2.24) is 5.32 Å². The molecular weight excluding hydrogens is 324 g/mol. The van der Waals surface area contributed by atoms with Crippen molar-refractivity contribution >= 4 is 41.2 Å². The molecule has 1 atom stereocenters. The monoisotopic (exact) mass is 342 g/mol. The number of rotatable bonds is 5. The first kappa shape index (κ1) is 17.0. The van der Waals surface area contributed by atoms with E-state index in [1.165, 1.54) is 0 Å². The third-order valence-corrected chi connectivity index (χ3v) is 6.20. The number of carboxylic acids is 1. The summed E-state index contributed by atoms with van der Waals surface area (Å²) in [5, 5.41) is 23.3. The van der Waals surface area contributed by atoms with Gasteiger partial charge in [0.15, 0.2) is 5.60 Å². The number of carboxylic acid groups (broad SMARTS) is 1. The third kappa shape index (κ3) is 4.56. The van der Waals surface area contributed by atoms with Gasteiger partial charge in [0.2, 0.25) is 0 Å². The van der Waals surface area contributed by atoms with E-state index in [-0.39, 0.29) is 6.54 Å². The molecule has 1 fully saturated rings. The SMILES string of the molecule is CC(O)(CNC(=O)Nc1cccc(C2SCCS2)c1)C(=O)O. The number of benzene rings is 1. The minimum atomic E-state index is -1.99. The fourth-order valence-corrected chi connectivity index (χ4v) is 4.66. The average molecular weight is 342 g/mol. The van der Waals surface area contributed by atoms with Crippen molar-refractivity contribution in [2.45, 2.75) is 17.1 Å². The molecule has 1 aromatic carbocycles. The summed E-state index contributed by atoms with van der Waals surface area (Å²) >= 11 is 3.75. The van der Waals surface area contributed by atoms with Crippen LogP contribution < -0.4 is 10.6 Å². The fraction of sp³-hybridized carbons (Fsp3) is 0.429. The molecule has 22 heavy (non-hydrogen) atoms. The number of hydrogen-bond acceptors (Lipinski definition) is 5. The smallest absolute Gasteiger partial charge is 0.337 e. The van der Waals surface area contributed by atoms with Crippen LogP contribution in [0.4, 0.5) is 10.5 Å². The molecule has 1 heterocycles. The second-order valence-corrected chi connectivity index (χ2v) is 7.81. The molecule has 1 saturated heterocycles. The molecule has 0 aliphatic carbocycles. The van der Waals surface area contributed by atoms with Crippen molar-refractivity contribution < 1.29 is 19.8 Å². The minimum Gasteiger partial charge on any atom is -0.479 e. The Labute approximate surface area is 137 Å². The van der Waals surface area contributed by atoms with Crippen molar-refractivity contribution in [3.63, 3.8) is 0 Å². The summed E-state index contributed by atoms with van der Waals surface area (Å²) in [5.74, 6) is 0.861. The van der Waals surface area contributed by atoms with Gasteiger partial charge in [0, 0.05) is 17.2 Å². The highest BCUT2D eigenvalue weighted by molar-refractivity contribution is 8.19. The molecule has 2 amide bonds. The number of carbonyl (C=O) groups is 2. The molecule has 1 aliphatic heterocycles. The first-order valence-electron chi connectivity index (χ1n) is 6.72. The fourth-order valence-electron chi connectivity index (χ4n) is 1.82. The van der Waals surface area contributed by atoms with Gasteiger partial charge in [-0.05, 0) is 24.6 Å². The van der Waals surface area contributed by atoms with Gasteiger partial charge in [0.05, 0.1) is 11.1 Å². The molecule has 0 spiro atoms. The highest BCUT2D eigenvalue weighted by Crippen LogP contribution is 2.45. The predicted molar refractivity (Wildman–Crippen MR) is 89.4 cm³/mol. The van der Waals surface area contributed by atoms with Crippen molar-refractivity contribution in [2.24, 2.45) is 0 Å². The van der Waals surface area contributed by atoms with Crippen molar-refractivity contribution in [1.29, 1.82) is 0 Å². The van der Waals surface area contributed by atoms with E-state index >= 15 is 0 Å². The molecule has 0 aromatic heterocycles. The zero-order valence-corrected chi connectivity index (χ0v) is 13.7. The van der Waals surface area contributed by atoms with Crippen LogP contribution in [-0.4, -0.2) is 45.9 Å². The van der Waals surface area contributed by atoms with Gasteiger partial charge in [0.25, 0.3) is 0 Å². The number of carbonyl (C=O) groups excluding carboxylic acids is 1. The Kier molecular flexibility index (Phi) is 5.60. The van der Waals surface area contributed by atoms with Gasteiger partial charge < -0.3 is 20.8 Å². The average Bonchev–Trinajstić information content (AvgIpc) is 2.99. The molecule has 8 heteroatoms. The molecule has 0 saturated carbocycles. The number of aliphatic hydroxyl groups is 1. The van der Waals surface area contributed by atoms with Gasteiger partial charge in [-0.3, -0.25) is 0 Å². The lowest BCUT2D eigenvalue weighted by molar-refractivity contribution is -0.155. The highest BCUT2D eigenvalue weighted by Gasteiger charge is 2.30. The Bertz CT molecular complexity index is 560. The maximum absolute atomic E-state index is 11.8. The molecule has 0 radical (unpaired) electrons. The molecule has 4 N–H and O–H groups in total. The summed E-state index contributed by atoms with van der Waals surface area (Å²) in [4.78, 5) is 22.5. The maximum Gasteiger partial charge on any atom is 0.337 e. The number of aliphatic carboxylic acids is 1. The number of urea groups is 1. The number of anilines is 1. The van der Waals surface area contributed by atoms with E-state index in [2.05, 4.69) is 10.6 Å². The molecule has 6 nitrogen and oxygen atoms in total. The lowest BCUT2D eigenvalue weighted by Gasteiger charge is -2.18. The predicted octanol–water partition coefficient (Wildman–Crippen LogP) is 2.12. The molecule has 120 valence electrons. The van der Waals surface area contributed by atoms with E-state index in [0.29, 0.717) is 10.3 Å². The topological polar surface area (TPSA) is 98.7 Å². The van der Waals surface area contributed by atoms with E-state index in [0.717, 1.165) is 24.0 Å². The molecular formula is C14H18N2O4S2. The van der Waals surface area contributed by atoms with E-state index in [1.54, 1.807) is 6.07 Å². The highest BCUT2D eigenvalue weighted by atomic mass is 32.2. The van der Waals surface area contributed by atoms with Crippen molar-refractivity contribution in [2.75, 3.05) is 23.4 Å². The van der Waals surface area contributed by atoms with Gasteiger partial charge >= 0.3 is 12.0 Å². The number of amides is 2. The Hall–Kier alpha value is -1.38. The lowest BCUT2D eigenvalue weighted by Crippen LogP contribution is -2.47. The van der Waals surface area contributed by atoms with Crippen LogP contribution in [0.5, 0.6) is 0 Å². The Morgan fingerprint density at radius 3 is 2.68 bits per heavy atom. The second-order valence-electron chi connectivity index (χ2n) is 5.09. The third-order valence-electron chi connectivity index (χ3n) is 3.09. The van der Waals surface area contributed by atoms with Gasteiger partial charge in [0.1, 0.15) is 0 Å². The summed E-state index contributed by atoms with van der Waals surface area (Å²) < 4.78 is 0.387. The first-order chi connectivity index (χ1) is 10.4. The van der Waals surface area contributed by atoms with Crippen LogP contribution in [0.3, 0.4) is 0 Å². The summed E-state index contributed by atoms with van der Waals surface area (Å²) in [7, 11) is 0. The number of thioether (sulfide) groups is 2. The maximum atomic E-state index is 11.8. The Morgan fingerprint density at radius 2 is 2.05 bits per heavy atom. The van der Waals surface area contributed by atoms with E-state index < -0.39 is 17.6 Å². The van der Waals surface area contributed by atoms with Crippen molar-refractivity contribution in [3.8, 4) is 0 Å². The zero-order chi connectivity index (χ0) is 16.2. The molecule has 1 aromatic rings. The van der Waals surface area contributed by atoms with Crippen molar-refractivity contribution in [3.05, 3.63) is 29.8 Å². The van der Waals surface area contributed by atoms with Crippen LogP contribution in [0.15, 0.2) is 24.3 Å². The van der Waals surface area contributed by atoms with Gasteiger partial charge in [-0.25, -0.2) is 9.59 Å². The molecule has 0 bridgehead atoms. The molecule has 2 rings (SSSR count). The van der Waals surface area contributed by atoms with E-state index in [9.17, 15) is 14.7 Å². The Balaban J connectivity index is 1.91. The van der Waals surface area contributed by atoms with Gasteiger partial charge in [-0.1, -0.05) is 12.1 Å². The minimum absolute atomic E-state index is 0.373. The lowest BCUT2D eigenvalue weighted by atomic mass is 10.1. The first-order valence-corrected chi connectivity index (χ1v) is 8.82. The van der Waals surface area contributed by atoms with E-state index in [1.807, 2.05) is 41.7 Å². The van der Waals surface area contributed by atoms with Crippen LogP contribution in [0.1, 0.15) is 17.1 Å². The van der Waals surface area contributed by atoms with Crippen LogP contribution in [-0.2, 0) is 4.79 Å². The number of hydrogen-bond donors (Lipinski definition) is 4. The standard InChI is InChI=1S/C14H18N2O4S2/c1-14(20,12(17)18)8-15-13(19)16-10-4-2-3-9(7-10)11-21-5-6-22-11/h2-4,7,11,20H,5-6,8H2,1H3,(H,17,18)(H2,15,16,19). The zero-order valence-electron chi connectivity index (χ0n) is 12.0. The van der Waals surface area contributed by atoms with Crippen LogP contribution in [0.25, 0.3) is 0 Å². The summed E-state index contributed by atoms with van der Waals surface area (Å²) in [6, 6.07) is 7.02. The van der Waals surface area contributed by atoms with Gasteiger partial charge in [-0.2, -0.15) is 0 Å². The molecule has 1 unspecified atom stereocenters. The normalized spacial score (nSPS) is 17.7.